The molecule has 30 heavy (non-hydrogen) atoms. The van der Waals surface area contributed by atoms with Gasteiger partial charge in [0.1, 0.15) is 10.6 Å². The van der Waals surface area contributed by atoms with Crippen molar-refractivity contribution in [2.45, 2.75) is 13.3 Å². The van der Waals surface area contributed by atoms with Gasteiger partial charge in [-0.3, -0.25) is 4.79 Å². The van der Waals surface area contributed by atoms with Crippen LogP contribution in [-0.2, 0) is 16.0 Å². The van der Waals surface area contributed by atoms with E-state index in [1.165, 1.54) is 30.1 Å². The van der Waals surface area contributed by atoms with Gasteiger partial charge < -0.3 is 10.1 Å². The van der Waals surface area contributed by atoms with Crippen molar-refractivity contribution in [1.29, 1.82) is 0 Å². The monoisotopic (exact) mass is 459 g/mol. The molecule has 0 aliphatic carbocycles. The maximum Gasteiger partial charge on any atom is 0.341 e. The number of ether oxygens (including phenoxy) is 1. The molecule has 3 aromatic rings. The van der Waals surface area contributed by atoms with Crippen molar-refractivity contribution in [3.05, 3.63) is 80.7 Å². The van der Waals surface area contributed by atoms with Crippen LogP contribution in [-0.4, -0.2) is 19.0 Å². The lowest BCUT2D eigenvalue weighted by molar-refractivity contribution is -0.111. The predicted octanol–water partition coefficient (Wildman–Crippen LogP) is 6.72. The Morgan fingerprint density at radius 1 is 1.10 bits per heavy atom. The fourth-order valence-electron chi connectivity index (χ4n) is 2.83. The fourth-order valence-corrected chi connectivity index (χ4v) is 4.10. The Labute approximate surface area is 189 Å². The summed E-state index contributed by atoms with van der Waals surface area (Å²) in [4.78, 5) is 24.9. The number of halogens is 2. The lowest BCUT2D eigenvalue weighted by Gasteiger charge is -2.07. The van der Waals surface area contributed by atoms with Gasteiger partial charge in [-0.15, -0.1) is 11.3 Å². The Hall–Kier alpha value is -2.60. The van der Waals surface area contributed by atoms with Gasteiger partial charge in [0.15, 0.2) is 0 Å². The smallest absolute Gasteiger partial charge is 0.341 e. The number of methoxy groups -OCH3 is 1. The van der Waals surface area contributed by atoms with Crippen molar-refractivity contribution in [3.63, 3.8) is 0 Å². The minimum absolute atomic E-state index is 0.336. The van der Waals surface area contributed by atoms with Crippen LogP contribution < -0.4 is 5.32 Å². The van der Waals surface area contributed by atoms with Crippen molar-refractivity contribution < 1.29 is 14.3 Å². The second-order valence-electron chi connectivity index (χ2n) is 6.39. The van der Waals surface area contributed by atoms with Gasteiger partial charge in [0.2, 0.25) is 5.91 Å². The number of benzene rings is 2. The van der Waals surface area contributed by atoms with Gasteiger partial charge in [-0.05, 0) is 41.3 Å². The number of amides is 1. The average molecular weight is 460 g/mol. The summed E-state index contributed by atoms with van der Waals surface area (Å²) in [5.41, 5.74) is 3.88. The highest BCUT2D eigenvalue weighted by Gasteiger charge is 2.21. The highest BCUT2D eigenvalue weighted by Crippen LogP contribution is 2.36. The van der Waals surface area contributed by atoms with Crippen LogP contribution in [0.15, 0.2) is 53.9 Å². The van der Waals surface area contributed by atoms with Crippen molar-refractivity contribution in [2.24, 2.45) is 0 Å². The number of hydrogen-bond donors (Lipinski definition) is 1. The lowest BCUT2D eigenvalue weighted by atomic mass is 10.0. The lowest BCUT2D eigenvalue weighted by Crippen LogP contribution is -2.11. The third-order valence-corrected chi connectivity index (χ3v) is 6.10. The normalized spacial score (nSPS) is 10.9. The predicted molar refractivity (Wildman–Crippen MR) is 125 cm³/mol. The van der Waals surface area contributed by atoms with E-state index in [9.17, 15) is 9.59 Å². The minimum atomic E-state index is -0.505. The maximum absolute atomic E-state index is 12.4. The van der Waals surface area contributed by atoms with Crippen molar-refractivity contribution >= 4 is 57.5 Å². The summed E-state index contributed by atoms with van der Waals surface area (Å²) >= 11 is 13.2. The van der Waals surface area contributed by atoms with Crippen LogP contribution in [0, 0.1) is 0 Å². The van der Waals surface area contributed by atoms with Gasteiger partial charge in [-0.1, -0.05) is 60.5 Å². The first kappa shape index (κ1) is 22.1. The third kappa shape index (κ3) is 5.11. The number of thiophene rings is 1. The number of nitrogens with one attached hydrogen (secondary N) is 1. The molecule has 1 N–H and O–H groups in total. The second-order valence-corrected chi connectivity index (χ2v) is 8.09. The van der Waals surface area contributed by atoms with Crippen LogP contribution in [0.3, 0.4) is 0 Å². The third-order valence-electron chi connectivity index (χ3n) is 4.46. The number of hydrogen-bond acceptors (Lipinski definition) is 4. The summed E-state index contributed by atoms with van der Waals surface area (Å²) in [6, 6.07) is 13.0. The van der Waals surface area contributed by atoms with Crippen LogP contribution in [0.4, 0.5) is 5.00 Å². The van der Waals surface area contributed by atoms with E-state index in [0.29, 0.717) is 20.6 Å². The van der Waals surface area contributed by atoms with E-state index >= 15 is 0 Å². The molecular formula is C23H19Cl2NO3S. The number of esters is 1. The highest BCUT2D eigenvalue weighted by molar-refractivity contribution is 7.15. The first-order valence-corrected chi connectivity index (χ1v) is 10.8. The fraction of sp³-hybridized carbons (Fsp3) is 0.130. The Bertz CT molecular complexity index is 1100. The SMILES string of the molecule is CCc1ccc(-c2csc(NC(=O)/C=C/c3ccc(Cl)c(Cl)c3)c2C(=O)OC)cc1. The molecule has 3 rings (SSSR count). The summed E-state index contributed by atoms with van der Waals surface area (Å²) < 4.78 is 4.95. The number of carbonyl (C=O) groups excluding carboxylic acids is 2. The van der Waals surface area contributed by atoms with Gasteiger partial charge in [0, 0.05) is 17.0 Å². The largest absolute Gasteiger partial charge is 0.465 e. The van der Waals surface area contributed by atoms with E-state index in [-0.39, 0.29) is 5.91 Å². The van der Waals surface area contributed by atoms with E-state index in [1.54, 1.807) is 24.3 Å². The second kappa shape index (κ2) is 9.94. The molecule has 154 valence electrons. The molecule has 2 aromatic carbocycles. The molecule has 0 saturated carbocycles. The van der Waals surface area contributed by atoms with Gasteiger partial charge in [0.25, 0.3) is 0 Å². The number of aryl methyl sites for hydroxylation is 1. The van der Waals surface area contributed by atoms with Gasteiger partial charge >= 0.3 is 5.97 Å². The summed E-state index contributed by atoms with van der Waals surface area (Å²) in [6.45, 7) is 2.08. The van der Waals surface area contributed by atoms with Crippen molar-refractivity contribution in [2.75, 3.05) is 12.4 Å². The minimum Gasteiger partial charge on any atom is -0.465 e. The van der Waals surface area contributed by atoms with E-state index in [1.807, 2.05) is 29.6 Å². The first-order chi connectivity index (χ1) is 14.4. The van der Waals surface area contributed by atoms with Gasteiger partial charge in [-0.25, -0.2) is 4.79 Å². The number of carbonyl (C=O) groups is 2. The van der Waals surface area contributed by atoms with Gasteiger partial charge in [-0.2, -0.15) is 0 Å². The summed E-state index contributed by atoms with van der Waals surface area (Å²) in [7, 11) is 1.32. The molecule has 0 spiro atoms. The molecule has 4 nitrogen and oxygen atoms in total. The summed E-state index contributed by atoms with van der Waals surface area (Å²) in [5.74, 6) is -0.879. The first-order valence-electron chi connectivity index (χ1n) is 9.16. The molecule has 0 aliphatic rings. The number of rotatable bonds is 6. The van der Waals surface area contributed by atoms with Crippen LogP contribution in [0.5, 0.6) is 0 Å². The van der Waals surface area contributed by atoms with Crippen LogP contribution in [0.1, 0.15) is 28.4 Å². The molecule has 0 saturated heterocycles. The Morgan fingerprint density at radius 2 is 1.83 bits per heavy atom. The van der Waals surface area contributed by atoms with E-state index < -0.39 is 5.97 Å². The molecule has 0 unspecified atom stereocenters. The maximum atomic E-state index is 12.4. The Balaban J connectivity index is 1.85. The van der Waals surface area contributed by atoms with E-state index in [4.69, 9.17) is 27.9 Å². The van der Waals surface area contributed by atoms with E-state index in [0.717, 1.165) is 23.1 Å². The standard InChI is InChI=1S/C23H19Cl2NO3S/c1-3-14-4-8-16(9-5-14)17-13-30-22(21(17)23(28)29-2)26-20(27)11-7-15-6-10-18(24)19(25)12-15/h4-13H,3H2,1-2H3,(H,26,27)/b11-7+. The van der Waals surface area contributed by atoms with Crippen LogP contribution in [0.2, 0.25) is 10.0 Å². The zero-order valence-corrected chi connectivity index (χ0v) is 18.7. The van der Waals surface area contributed by atoms with E-state index in [2.05, 4.69) is 12.2 Å². The number of anilines is 1. The van der Waals surface area contributed by atoms with Crippen LogP contribution >= 0.6 is 34.5 Å². The molecule has 0 bridgehead atoms. The molecule has 1 heterocycles. The quantitative estimate of drug-likeness (QED) is 0.328. The molecule has 1 aromatic heterocycles. The molecule has 0 radical (unpaired) electrons. The highest BCUT2D eigenvalue weighted by atomic mass is 35.5. The average Bonchev–Trinajstić information content (AvgIpc) is 3.17. The molecule has 0 atom stereocenters. The Morgan fingerprint density at radius 3 is 2.47 bits per heavy atom. The summed E-state index contributed by atoms with van der Waals surface area (Å²) in [6.07, 6.45) is 3.92. The van der Waals surface area contributed by atoms with Crippen LogP contribution in [0.25, 0.3) is 17.2 Å². The Kier molecular flexibility index (Phi) is 7.32. The van der Waals surface area contributed by atoms with Crippen molar-refractivity contribution in [3.8, 4) is 11.1 Å². The zero-order valence-electron chi connectivity index (χ0n) is 16.4. The summed E-state index contributed by atoms with van der Waals surface area (Å²) in [5, 5.41) is 5.89. The molecule has 0 fully saturated rings. The zero-order chi connectivity index (χ0) is 21.7. The molecule has 0 aliphatic heterocycles. The van der Waals surface area contributed by atoms with Gasteiger partial charge in [0.05, 0.1) is 17.2 Å². The van der Waals surface area contributed by atoms with Crippen molar-refractivity contribution in [1.82, 2.24) is 0 Å². The molecule has 7 heteroatoms. The topological polar surface area (TPSA) is 55.4 Å². The molecule has 1 amide bonds. The molecular weight excluding hydrogens is 441 g/mol.